The van der Waals surface area contributed by atoms with Crippen molar-refractivity contribution in [2.75, 3.05) is 46.4 Å². The van der Waals surface area contributed by atoms with Crippen molar-refractivity contribution < 1.29 is 14.3 Å². The van der Waals surface area contributed by atoms with Gasteiger partial charge in [-0.25, -0.2) is 0 Å². The molecule has 0 saturated carbocycles. The SMILES string of the molecule is COCC12CNCC(=O)N1CC1(CCN(Cc3ccccc3)CC1)O2. The summed E-state index contributed by atoms with van der Waals surface area (Å²) in [6, 6.07) is 10.6. The number of rotatable bonds is 4. The highest BCUT2D eigenvalue weighted by Crippen LogP contribution is 2.41. The zero-order chi connectivity index (χ0) is 17.3. The Morgan fingerprint density at radius 3 is 2.72 bits per heavy atom. The summed E-state index contributed by atoms with van der Waals surface area (Å²) in [6.45, 7) is 5.11. The highest BCUT2D eigenvalue weighted by atomic mass is 16.6. The molecule has 1 amide bonds. The molecule has 3 saturated heterocycles. The molecule has 0 aromatic heterocycles. The van der Waals surface area contributed by atoms with Crippen LogP contribution in [0.25, 0.3) is 0 Å². The molecular weight excluding hydrogens is 318 g/mol. The number of methoxy groups -OCH3 is 1. The number of benzene rings is 1. The lowest BCUT2D eigenvalue weighted by atomic mass is 9.91. The highest BCUT2D eigenvalue weighted by molar-refractivity contribution is 5.80. The van der Waals surface area contributed by atoms with E-state index in [2.05, 4.69) is 40.5 Å². The fourth-order valence-electron chi connectivity index (χ4n) is 4.43. The van der Waals surface area contributed by atoms with Gasteiger partial charge >= 0.3 is 0 Å². The number of fused-ring (bicyclic) bond motifs is 1. The van der Waals surface area contributed by atoms with Gasteiger partial charge in [-0.1, -0.05) is 30.3 Å². The van der Waals surface area contributed by atoms with Crippen molar-refractivity contribution in [3.05, 3.63) is 35.9 Å². The van der Waals surface area contributed by atoms with Crippen LogP contribution in [0.5, 0.6) is 0 Å². The Kier molecular flexibility index (Phi) is 4.54. The molecule has 4 rings (SSSR count). The summed E-state index contributed by atoms with van der Waals surface area (Å²) in [6.07, 6.45) is 1.91. The summed E-state index contributed by atoms with van der Waals surface area (Å²) in [5, 5.41) is 3.19. The number of carbonyl (C=O) groups excluding carboxylic acids is 1. The molecule has 1 unspecified atom stereocenters. The van der Waals surface area contributed by atoms with Gasteiger partial charge in [0.2, 0.25) is 5.91 Å². The van der Waals surface area contributed by atoms with E-state index < -0.39 is 5.72 Å². The van der Waals surface area contributed by atoms with Crippen molar-refractivity contribution >= 4 is 5.91 Å². The summed E-state index contributed by atoms with van der Waals surface area (Å²) in [5.74, 6) is 0.117. The molecule has 1 N–H and O–H groups in total. The minimum atomic E-state index is -0.633. The Morgan fingerprint density at radius 2 is 2.00 bits per heavy atom. The van der Waals surface area contributed by atoms with Gasteiger partial charge in [0.15, 0.2) is 5.72 Å². The van der Waals surface area contributed by atoms with E-state index in [0.29, 0.717) is 26.2 Å². The van der Waals surface area contributed by atoms with Crippen LogP contribution in [0.1, 0.15) is 18.4 Å². The van der Waals surface area contributed by atoms with Crippen molar-refractivity contribution in [1.29, 1.82) is 0 Å². The predicted molar refractivity (Wildman–Crippen MR) is 94.0 cm³/mol. The molecule has 0 bridgehead atoms. The number of ether oxygens (including phenoxy) is 2. The topological polar surface area (TPSA) is 54.0 Å². The van der Waals surface area contributed by atoms with Gasteiger partial charge in [-0.3, -0.25) is 9.69 Å². The van der Waals surface area contributed by atoms with Crippen molar-refractivity contribution in [3.63, 3.8) is 0 Å². The number of nitrogens with one attached hydrogen (secondary N) is 1. The second kappa shape index (κ2) is 6.68. The molecule has 1 spiro atoms. The second-order valence-electron chi connectivity index (χ2n) is 7.51. The smallest absolute Gasteiger partial charge is 0.238 e. The van der Waals surface area contributed by atoms with E-state index in [-0.39, 0.29) is 11.5 Å². The average molecular weight is 345 g/mol. The summed E-state index contributed by atoms with van der Waals surface area (Å²) in [7, 11) is 1.67. The maximum atomic E-state index is 12.4. The first-order chi connectivity index (χ1) is 12.1. The monoisotopic (exact) mass is 345 g/mol. The van der Waals surface area contributed by atoms with E-state index >= 15 is 0 Å². The third-order valence-electron chi connectivity index (χ3n) is 5.71. The van der Waals surface area contributed by atoms with Crippen LogP contribution >= 0.6 is 0 Å². The van der Waals surface area contributed by atoms with Gasteiger partial charge in [-0.15, -0.1) is 0 Å². The van der Waals surface area contributed by atoms with Crippen LogP contribution in [-0.4, -0.2) is 73.5 Å². The maximum Gasteiger partial charge on any atom is 0.238 e. The molecule has 0 aliphatic carbocycles. The first-order valence-corrected chi connectivity index (χ1v) is 9.11. The van der Waals surface area contributed by atoms with E-state index in [0.717, 1.165) is 32.5 Å². The normalized spacial score (nSPS) is 29.2. The zero-order valence-electron chi connectivity index (χ0n) is 14.9. The summed E-state index contributed by atoms with van der Waals surface area (Å²) in [5.41, 5.74) is 0.484. The molecule has 3 fully saturated rings. The Balaban J connectivity index is 1.43. The summed E-state index contributed by atoms with van der Waals surface area (Å²) < 4.78 is 12.0. The van der Waals surface area contributed by atoms with Gasteiger partial charge in [-0.2, -0.15) is 0 Å². The van der Waals surface area contributed by atoms with Crippen LogP contribution in [0.2, 0.25) is 0 Å². The minimum absolute atomic E-state index is 0.117. The number of amides is 1. The lowest BCUT2D eigenvalue weighted by molar-refractivity contribution is -0.189. The van der Waals surface area contributed by atoms with Gasteiger partial charge < -0.3 is 19.7 Å². The molecular formula is C19H27N3O3. The first kappa shape index (κ1) is 17.0. The van der Waals surface area contributed by atoms with Crippen molar-refractivity contribution in [2.24, 2.45) is 0 Å². The first-order valence-electron chi connectivity index (χ1n) is 9.11. The van der Waals surface area contributed by atoms with Gasteiger partial charge in [0.25, 0.3) is 0 Å². The maximum absolute atomic E-state index is 12.4. The number of hydrogen-bond donors (Lipinski definition) is 1. The number of piperidine rings is 1. The fraction of sp³-hybridized carbons (Fsp3) is 0.632. The van der Waals surface area contributed by atoms with Crippen molar-refractivity contribution in [3.8, 4) is 0 Å². The molecule has 25 heavy (non-hydrogen) atoms. The molecule has 1 atom stereocenters. The van der Waals surface area contributed by atoms with Crippen LogP contribution in [-0.2, 0) is 20.8 Å². The molecule has 3 heterocycles. The minimum Gasteiger partial charge on any atom is -0.380 e. The molecule has 6 heteroatoms. The van der Waals surface area contributed by atoms with E-state index in [9.17, 15) is 4.79 Å². The highest BCUT2D eigenvalue weighted by Gasteiger charge is 2.58. The van der Waals surface area contributed by atoms with Gasteiger partial charge in [0, 0.05) is 33.3 Å². The van der Waals surface area contributed by atoms with E-state index in [1.54, 1.807) is 7.11 Å². The molecule has 1 aromatic carbocycles. The van der Waals surface area contributed by atoms with Crippen LogP contribution in [0.4, 0.5) is 0 Å². The Hall–Kier alpha value is -1.47. The molecule has 6 nitrogen and oxygen atoms in total. The fourth-order valence-corrected chi connectivity index (χ4v) is 4.43. The van der Waals surface area contributed by atoms with Crippen LogP contribution < -0.4 is 5.32 Å². The van der Waals surface area contributed by atoms with Gasteiger partial charge in [0.05, 0.1) is 25.3 Å². The molecule has 1 aromatic rings. The van der Waals surface area contributed by atoms with E-state index in [1.165, 1.54) is 5.56 Å². The van der Waals surface area contributed by atoms with Crippen molar-refractivity contribution in [2.45, 2.75) is 30.7 Å². The summed E-state index contributed by atoms with van der Waals surface area (Å²) in [4.78, 5) is 16.8. The largest absolute Gasteiger partial charge is 0.380 e. The third-order valence-corrected chi connectivity index (χ3v) is 5.71. The van der Waals surface area contributed by atoms with Crippen molar-refractivity contribution in [1.82, 2.24) is 15.1 Å². The quantitative estimate of drug-likeness (QED) is 0.876. The second-order valence-corrected chi connectivity index (χ2v) is 7.51. The number of hydrogen-bond acceptors (Lipinski definition) is 5. The van der Waals surface area contributed by atoms with Gasteiger partial charge in [0.1, 0.15) is 0 Å². The molecule has 3 aliphatic heterocycles. The Bertz CT molecular complexity index is 612. The van der Waals surface area contributed by atoms with E-state index in [1.807, 2.05) is 4.90 Å². The standard InChI is InChI=1S/C19H27N3O3/c1-24-15-19-13-20-11-17(23)22(19)14-18(25-19)7-9-21(10-8-18)12-16-5-3-2-4-6-16/h2-6,20H,7-15H2,1H3. The van der Waals surface area contributed by atoms with Crippen LogP contribution in [0, 0.1) is 0 Å². The lowest BCUT2D eigenvalue weighted by Crippen LogP contribution is -2.63. The summed E-state index contributed by atoms with van der Waals surface area (Å²) >= 11 is 0. The average Bonchev–Trinajstić information content (AvgIpc) is 2.94. The van der Waals surface area contributed by atoms with E-state index in [4.69, 9.17) is 9.47 Å². The van der Waals surface area contributed by atoms with Crippen LogP contribution in [0.3, 0.4) is 0 Å². The number of piperazine rings is 1. The zero-order valence-corrected chi connectivity index (χ0v) is 14.9. The molecule has 136 valence electrons. The number of carbonyl (C=O) groups is 1. The number of likely N-dealkylation sites (tertiary alicyclic amines) is 1. The molecule has 3 aliphatic rings. The van der Waals surface area contributed by atoms with Crippen LogP contribution in [0.15, 0.2) is 30.3 Å². The Morgan fingerprint density at radius 1 is 1.24 bits per heavy atom. The number of nitrogens with zero attached hydrogens (tertiary/aromatic N) is 2. The molecule has 0 radical (unpaired) electrons. The Labute approximate surface area is 149 Å². The third kappa shape index (κ3) is 3.19. The van der Waals surface area contributed by atoms with Gasteiger partial charge in [-0.05, 0) is 18.4 Å². The predicted octanol–water partition coefficient (Wildman–Crippen LogP) is 0.826. The lowest BCUT2D eigenvalue weighted by Gasteiger charge is -2.41.